The number of allylic oxidation sites excluding steroid dienone is 1. The Morgan fingerprint density at radius 2 is 1.58 bits per heavy atom. The van der Waals surface area contributed by atoms with Gasteiger partial charge in [0.15, 0.2) is 5.78 Å². The zero-order chi connectivity index (χ0) is 18.4. The Labute approximate surface area is 152 Å². The van der Waals surface area contributed by atoms with E-state index in [9.17, 15) is 13.6 Å². The lowest BCUT2D eigenvalue weighted by atomic mass is 10.1. The van der Waals surface area contributed by atoms with Crippen LogP contribution in [0.4, 0.5) is 14.5 Å². The molecule has 1 fully saturated rings. The van der Waals surface area contributed by atoms with Gasteiger partial charge in [-0.1, -0.05) is 36.4 Å². The summed E-state index contributed by atoms with van der Waals surface area (Å²) < 4.78 is 27.1. The summed E-state index contributed by atoms with van der Waals surface area (Å²) in [5.41, 5.74) is 1.10. The molecule has 1 aliphatic heterocycles. The van der Waals surface area contributed by atoms with Gasteiger partial charge >= 0.3 is 0 Å². The van der Waals surface area contributed by atoms with Gasteiger partial charge in [-0.05, 0) is 24.3 Å². The molecule has 5 heteroatoms. The van der Waals surface area contributed by atoms with Crippen LogP contribution in [-0.4, -0.2) is 43.4 Å². The largest absolute Gasteiger partial charge is 0.369 e. The first-order valence-electron chi connectivity index (χ1n) is 8.78. The van der Waals surface area contributed by atoms with Crippen molar-refractivity contribution in [3.63, 3.8) is 0 Å². The fourth-order valence-electron chi connectivity index (χ4n) is 3.10. The third-order valence-electron chi connectivity index (χ3n) is 4.52. The third-order valence-corrected chi connectivity index (χ3v) is 4.52. The van der Waals surface area contributed by atoms with E-state index in [2.05, 4.69) is 21.9 Å². The van der Waals surface area contributed by atoms with Crippen LogP contribution in [0, 0.1) is 11.6 Å². The maximum Gasteiger partial charge on any atom is 0.150 e. The van der Waals surface area contributed by atoms with Crippen LogP contribution in [0.3, 0.4) is 0 Å². The van der Waals surface area contributed by atoms with Gasteiger partial charge in [-0.2, -0.15) is 0 Å². The lowest BCUT2D eigenvalue weighted by Gasteiger charge is -2.35. The Balaban J connectivity index is 1.45. The molecule has 26 heavy (non-hydrogen) atoms. The number of carbonyl (C=O) groups is 1. The summed E-state index contributed by atoms with van der Waals surface area (Å²) in [6, 6.07) is 14.0. The average molecular weight is 356 g/mol. The minimum Gasteiger partial charge on any atom is -0.369 e. The zero-order valence-corrected chi connectivity index (χ0v) is 14.6. The molecule has 1 aliphatic rings. The van der Waals surface area contributed by atoms with E-state index in [1.165, 1.54) is 36.0 Å². The summed E-state index contributed by atoms with van der Waals surface area (Å²) in [4.78, 5) is 16.6. The number of carbonyl (C=O) groups excluding carboxylic acids is 1. The first kappa shape index (κ1) is 18.3. The molecule has 0 bridgehead atoms. The van der Waals surface area contributed by atoms with Crippen molar-refractivity contribution in [2.75, 3.05) is 37.6 Å². The number of hydrogen-bond donors (Lipinski definition) is 0. The molecule has 0 aliphatic carbocycles. The molecule has 3 nitrogen and oxygen atoms in total. The van der Waals surface area contributed by atoms with E-state index in [1.54, 1.807) is 0 Å². The maximum atomic E-state index is 13.5. The van der Waals surface area contributed by atoms with Gasteiger partial charge in [0, 0.05) is 43.9 Å². The summed E-state index contributed by atoms with van der Waals surface area (Å²) in [6.07, 6.45) is 3.05. The quantitative estimate of drug-likeness (QED) is 0.787. The summed E-state index contributed by atoms with van der Waals surface area (Å²) in [7, 11) is 0. The number of para-hydroxylation sites is 1. The van der Waals surface area contributed by atoms with Gasteiger partial charge in [0.05, 0.1) is 6.54 Å². The van der Waals surface area contributed by atoms with Crippen LogP contribution < -0.4 is 4.90 Å². The molecule has 2 aromatic carbocycles. The maximum absolute atomic E-state index is 13.5. The van der Waals surface area contributed by atoms with Crippen LogP contribution in [0.25, 0.3) is 6.08 Å². The van der Waals surface area contributed by atoms with Crippen LogP contribution in [0.1, 0.15) is 12.0 Å². The topological polar surface area (TPSA) is 23.6 Å². The lowest BCUT2D eigenvalue weighted by molar-refractivity contribution is -0.119. The Bertz CT molecular complexity index is 749. The molecule has 0 aromatic heterocycles. The summed E-state index contributed by atoms with van der Waals surface area (Å²) in [6.45, 7) is 3.78. The monoisotopic (exact) mass is 356 g/mol. The fraction of sp³-hybridized carbons (Fsp3) is 0.286. The Morgan fingerprint density at radius 1 is 0.923 bits per heavy atom. The number of rotatable bonds is 6. The number of halogens is 2. The van der Waals surface area contributed by atoms with E-state index >= 15 is 0 Å². The van der Waals surface area contributed by atoms with Gasteiger partial charge in [0.1, 0.15) is 11.6 Å². The van der Waals surface area contributed by atoms with Gasteiger partial charge < -0.3 is 4.90 Å². The highest BCUT2D eigenvalue weighted by Crippen LogP contribution is 2.16. The zero-order valence-electron chi connectivity index (χ0n) is 14.6. The van der Waals surface area contributed by atoms with E-state index in [4.69, 9.17) is 0 Å². The number of nitrogens with zero attached hydrogens (tertiary/aromatic N) is 2. The molecule has 0 atom stereocenters. The standard InChI is InChI=1S/C21H22F2N2O/c22-20-10-5-11-21(23)19(20)9-4-8-18(26)16-24-12-14-25(15-13-24)17-6-2-1-3-7-17/h1-7,9-11H,8,12-16H2. The number of piperazine rings is 1. The molecule has 0 N–H and O–H groups in total. The molecule has 0 saturated carbocycles. The second-order valence-corrected chi connectivity index (χ2v) is 6.38. The fourth-order valence-corrected chi connectivity index (χ4v) is 3.10. The second-order valence-electron chi connectivity index (χ2n) is 6.38. The molecule has 3 rings (SSSR count). The summed E-state index contributed by atoms with van der Waals surface area (Å²) >= 11 is 0. The van der Waals surface area contributed by atoms with Gasteiger partial charge in [-0.3, -0.25) is 9.69 Å². The van der Waals surface area contributed by atoms with E-state index < -0.39 is 11.6 Å². The molecule has 0 spiro atoms. The highest BCUT2D eigenvalue weighted by Gasteiger charge is 2.18. The molecule has 0 radical (unpaired) electrons. The van der Waals surface area contributed by atoms with Crippen LogP contribution >= 0.6 is 0 Å². The van der Waals surface area contributed by atoms with Crippen molar-refractivity contribution in [2.45, 2.75) is 6.42 Å². The van der Waals surface area contributed by atoms with Crippen LogP contribution in [0.2, 0.25) is 0 Å². The summed E-state index contributed by atoms with van der Waals surface area (Å²) in [5, 5.41) is 0. The summed E-state index contributed by atoms with van der Waals surface area (Å²) in [5.74, 6) is -1.19. The normalized spacial score (nSPS) is 15.5. The van der Waals surface area contributed by atoms with Crippen molar-refractivity contribution in [1.29, 1.82) is 0 Å². The minimum absolute atomic E-state index is 0.0474. The third kappa shape index (κ3) is 4.76. The predicted octanol–water partition coefficient (Wildman–Crippen LogP) is 3.76. The molecular weight excluding hydrogens is 334 g/mol. The van der Waals surface area contributed by atoms with E-state index in [0.717, 1.165) is 26.2 Å². The van der Waals surface area contributed by atoms with E-state index in [1.807, 2.05) is 18.2 Å². The van der Waals surface area contributed by atoms with Crippen molar-refractivity contribution in [3.8, 4) is 0 Å². The molecule has 0 unspecified atom stereocenters. The highest BCUT2D eigenvalue weighted by molar-refractivity contribution is 5.82. The van der Waals surface area contributed by atoms with Gasteiger partial charge in [-0.15, -0.1) is 0 Å². The SMILES string of the molecule is O=C(CC=Cc1c(F)cccc1F)CN1CCN(c2ccccc2)CC1. The Morgan fingerprint density at radius 3 is 2.23 bits per heavy atom. The van der Waals surface area contributed by atoms with Crippen molar-refractivity contribution >= 4 is 17.5 Å². The van der Waals surface area contributed by atoms with Crippen LogP contribution in [-0.2, 0) is 4.79 Å². The second kappa shape index (κ2) is 8.72. The number of hydrogen-bond acceptors (Lipinski definition) is 3. The number of anilines is 1. The molecule has 0 amide bonds. The molecule has 1 saturated heterocycles. The van der Waals surface area contributed by atoms with Gasteiger partial charge in [-0.25, -0.2) is 8.78 Å². The van der Waals surface area contributed by atoms with Crippen molar-refractivity contribution in [3.05, 3.63) is 71.8 Å². The van der Waals surface area contributed by atoms with Gasteiger partial charge in [0.25, 0.3) is 0 Å². The minimum atomic E-state index is -0.620. The average Bonchev–Trinajstić information content (AvgIpc) is 2.65. The first-order valence-corrected chi connectivity index (χ1v) is 8.78. The Kier molecular flexibility index (Phi) is 6.12. The molecular formula is C21H22F2N2O. The molecule has 136 valence electrons. The smallest absolute Gasteiger partial charge is 0.150 e. The number of benzene rings is 2. The number of ketones is 1. The van der Waals surface area contributed by atoms with Crippen molar-refractivity contribution in [2.24, 2.45) is 0 Å². The van der Waals surface area contributed by atoms with E-state index in [-0.39, 0.29) is 17.8 Å². The van der Waals surface area contributed by atoms with Gasteiger partial charge in [0.2, 0.25) is 0 Å². The first-order chi connectivity index (χ1) is 12.6. The van der Waals surface area contributed by atoms with Crippen LogP contribution in [0.5, 0.6) is 0 Å². The predicted molar refractivity (Wildman–Crippen MR) is 100 cm³/mol. The van der Waals surface area contributed by atoms with E-state index in [0.29, 0.717) is 6.54 Å². The van der Waals surface area contributed by atoms with Crippen LogP contribution in [0.15, 0.2) is 54.6 Å². The molecule has 1 heterocycles. The van der Waals surface area contributed by atoms with Crippen molar-refractivity contribution in [1.82, 2.24) is 4.90 Å². The Hall–Kier alpha value is -2.53. The highest BCUT2D eigenvalue weighted by atomic mass is 19.1. The van der Waals surface area contributed by atoms with Crippen molar-refractivity contribution < 1.29 is 13.6 Å². The lowest BCUT2D eigenvalue weighted by Crippen LogP contribution is -2.47. The molecule has 2 aromatic rings. The number of Topliss-reactive ketones (excluding diaryl/α,β-unsaturated/α-hetero) is 1.